The van der Waals surface area contributed by atoms with Gasteiger partial charge in [0.2, 0.25) is 5.91 Å². The monoisotopic (exact) mass is 525 g/mol. The Bertz CT molecular complexity index is 1280. The number of ether oxygens (including phenoxy) is 1. The number of amides is 1. The van der Waals surface area contributed by atoms with Gasteiger partial charge in [0, 0.05) is 17.7 Å². The number of rotatable bonds is 8. The van der Waals surface area contributed by atoms with Crippen LogP contribution >= 0.6 is 0 Å². The van der Waals surface area contributed by atoms with Crippen LogP contribution in [0.25, 0.3) is 11.1 Å². The summed E-state index contributed by atoms with van der Waals surface area (Å²) in [5, 5.41) is 8.21. The molecule has 3 aliphatic rings. The standard InChI is InChI=1S/C34H43N3O2/c1-23-19-28(15-18-32(23)39-2)24-11-13-25(14-12-24)33(36-34(38)26-7-4-3-5-8-26)29-10-6-9-27(20-29)30-21-35-37(22-30)31-16-17-31/h6,9-10,15,18-22,24-26,31,33H,3-5,7-8,11-14,16-17H2,1-2H3,(H,36,38). The van der Waals surface area contributed by atoms with Crippen LogP contribution in [0, 0.1) is 18.8 Å². The first-order valence-electron chi connectivity index (χ1n) is 15.2. The quantitative estimate of drug-likeness (QED) is 0.325. The third-order valence-electron chi connectivity index (χ3n) is 9.51. The highest BCUT2D eigenvalue weighted by Crippen LogP contribution is 2.43. The third kappa shape index (κ3) is 5.92. The van der Waals surface area contributed by atoms with Gasteiger partial charge >= 0.3 is 0 Å². The molecule has 1 amide bonds. The number of nitrogens with zero attached hydrogens (tertiary/aromatic N) is 2. The Morgan fingerprint density at radius 2 is 1.74 bits per heavy atom. The van der Waals surface area contributed by atoms with Crippen molar-refractivity contribution in [2.24, 2.45) is 11.8 Å². The van der Waals surface area contributed by atoms with Crippen LogP contribution in [0.1, 0.15) is 105 Å². The van der Waals surface area contributed by atoms with Crippen LogP contribution < -0.4 is 10.1 Å². The molecule has 1 atom stereocenters. The molecule has 0 spiro atoms. The summed E-state index contributed by atoms with van der Waals surface area (Å²) in [6.45, 7) is 2.13. The van der Waals surface area contributed by atoms with Crippen molar-refractivity contribution in [1.29, 1.82) is 0 Å². The normalized spacial score (nSPS) is 22.8. The molecule has 0 aliphatic heterocycles. The predicted molar refractivity (Wildman–Crippen MR) is 156 cm³/mol. The van der Waals surface area contributed by atoms with Gasteiger partial charge in [-0.2, -0.15) is 5.10 Å². The van der Waals surface area contributed by atoms with Gasteiger partial charge in [0.25, 0.3) is 0 Å². The fourth-order valence-electron chi connectivity index (χ4n) is 6.99. The molecule has 3 fully saturated rings. The number of benzene rings is 2. The Morgan fingerprint density at radius 1 is 0.949 bits per heavy atom. The molecule has 2 aromatic carbocycles. The van der Waals surface area contributed by atoms with Gasteiger partial charge in [0.1, 0.15) is 5.75 Å². The first-order valence-corrected chi connectivity index (χ1v) is 15.2. The molecule has 0 radical (unpaired) electrons. The van der Waals surface area contributed by atoms with E-state index in [-0.39, 0.29) is 17.9 Å². The number of aromatic nitrogens is 2. The summed E-state index contributed by atoms with van der Waals surface area (Å²) in [4.78, 5) is 13.5. The molecule has 1 aromatic heterocycles. The van der Waals surface area contributed by atoms with Gasteiger partial charge < -0.3 is 10.1 Å². The summed E-state index contributed by atoms with van der Waals surface area (Å²) in [5.74, 6) is 2.40. The molecule has 6 rings (SSSR count). The zero-order valence-electron chi connectivity index (χ0n) is 23.6. The summed E-state index contributed by atoms with van der Waals surface area (Å²) in [5.41, 5.74) is 6.22. The molecule has 0 bridgehead atoms. The zero-order chi connectivity index (χ0) is 26.8. The summed E-state index contributed by atoms with van der Waals surface area (Å²) in [6.07, 6.45) is 16.9. The Balaban J connectivity index is 1.22. The van der Waals surface area contributed by atoms with E-state index in [9.17, 15) is 4.79 Å². The Kier molecular flexibility index (Phi) is 7.76. The van der Waals surface area contributed by atoms with Gasteiger partial charge in [-0.15, -0.1) is 0 Å². The number of aryl methyl sites for hydroxylation is 1. The highest BCUT2D eigenvalue weighted by Gasteiger charge is 2.33. The second kappa shape index (κ2) is 11.6. The van der Waals surface area contributed by atoms with Crippen molar-refractivity contribution in [2.75, 3.05) is 7.11 Å². The van der Waals surface area contributed by atoms with Gasteiger partial charge in [-0.1, -0.05) is 49.6 Å². The van der Waals surface area contributed by atoms with Crippen LogP contribution in [-0.4, -0.2) is 22.8 Å². The minimum atomic E-state index is 0.0522. The Morgan fingerprint density at radius 3 is 2.46 bits per heavy atom. The fourth-order valence-corrected chi connectivity index (χ4v) is 6.99. The molecule has 3 aliphatic carbocycles. The zero-order valence-corrected chi connectivity index (χ0v) is 23.6. The van der Waals surface area contributed by atoms with Crippen molar-refractivity contribution in [1.82, 2.24) is 15.1 Å². The third-order valence-corrected chi connectivity index (χ3v) is 9.51. The van der Waals surface area contributed by atoms with E-state index < -0.39 is 0 Å². The summed E-state index contributed by atoms with van der Waals surface area (Å²) in [7, 11) is 1.74. The number of carbonyl (C=O) groups is 1. The van der Waals surface area contributed by atoms with Crippen LogP contribution in [-0.2, 0) is 4.79 Å². The number of hydrogen-bond acceptors (Lipinski definition) is 3. The van der Waals surface area contributed by atoms with Crippen molar-refractivity contribution in [3.8, 4) is 16.9 Å². The van der Waals surface area contributed by atoms with E-state index in [0.717, 1.165) is 44.3 Å². The van der Waals surface area contributed by atoms with Crippen LogP contribution in [0.3, 0.4) is 0 Å². The Hall–Kier alpha value is -3.08. The highest BCUT2D eigenvalue weighted by molar-refractivity contribution is 5.79. The van der Waals surface area contributed by atoms with Crippen molar-refractivity contribution in [2.45, 2.75) is 95.6 Å². The SMILES string of the molecule is COc1ccc(C2CCC(C(NC(=O)C3CCCCC3)c3cccc(-c4cnn(C5CC5)c4)c3)CC2)cc1C. The lowest BCUT2D eigenvalue weighted by molar-refractivity contribution is -0.127. The largest absolute Gasteiger partial charge is 0.496 e. The van der Waals surface area contributed by atoms with Gasteiger partial charge in [0.15, 0.2) is 0 Å². The molecular weight excluding hydrogens is 482 g/mol. The molecule has 206 valence electrons. The van der Waals surface area contributed by atoms with Crippen LogP contribution in [0.4, 0.5) is 0 Å². The van der Waals surface area contributed by atoms with E-state index in [1.165, 1.54) is 59.9 Å². The summed E-state index contributed by atoms with van der Waals surface area (Å²) >= 11 is 0. The second-order valence-electron chi connectivity index (χ2n) is 12.2. The van der Waals surface area contributed by atoms with Crippen LogP contribution in [0.2, 0.25) is 0 Å². The van der Waals surface area contributed by atoms with Crippen molar-refractivity contribution < 1.29 is 9.53 Å². The van der Waals surface area contributed by atoms with E-state index in [0.29, 0.717) is 17.9 Å². The van der Waals surface area contributed by atoms with E-state index in [2.05, 4.69) is 70.7 Å². The molecule has 5 heteroatoms. The molecule has 5 nitrogen and oxygen atoms in total. The fraction of sp³-hybridized carbons (Fsp3) is 0.529. The molecule has 1 unspecified atom stereocenters. The second-order valence-corrected chi connectivity index (χ2v) is 12.2. The summed E-state index contributed by atoms with van der Waals surface area (Å²) in [6, 6.07) is 16.2. The topological polar surface area (TPSA) is 56.1 Å². The lowest BCUT2D eigenvalue weighted by Gasteiger charge is -2.36. The number of nitrogens with one attached hydrogen (secondary N) is 1. The molecule has 1 heterocycles. The molecular formula is C34H43N3O2. The predicted octanol–water partition coefficient (Wildman–Crippen LogP) is 7.91. The van der Waals surface area contributed by atoms with Crippen molar-refractivity contribution in [3.63, 3.8) is 0 Å². The van der Waals surface area contributed by atoms with Gasteiger partial charge in [-0.3, -0.25) is 9.48 Å². The number of hydrogen-bond donors (Lipinski definition) is 1. The van der Waals surface area contributed by atoms with Gasteiger partial charge in [-0.05, 0) is 105 Å². The van der Waals surface area contributed by atoms with Crippen molar-refractivity contribution >= 4 is 5.91 Å². The first-order chi connectivity index (χ1) is 19.1. The summed E-state index contributed by atoms with van der Waals surface area (Å²) < 4.78 is 7.60. The lowest BCUT2D eigenvalue weighted by atomic mass is 9.74. The van der Waals surface area contributed by atoms with Crippen LogP contribution in [0.15, 0.2) is 54.9 Å². The van der Waals surface area contributed by atoms with Gasteiger partial charge in [-0.25, -0.2) is 0 Å². The van der Waals surface area contributed by atoms with Gasteiger partial charge in [0.05, 0.1) is 25.4 Å². The van der Waals surface area contributed by atoms with E-state index in [1.807, 2.05) is 6.20 Å². The molecule has 3 saturated carbocycles. The minimum Gasteiger partial charge on any atom is -0.496 e. The van der Waals surface area contributed by atoms with Crippen molar-refractivity contribution in [3.05, 3.63) is 71.5 Å². The number of methoxy groups -OCH3 is 1. The smallest absolute Gasteiger partial charge is 0.223 e. The van der Waals surface area contributed by atoms with E-state index in [1.54, 1.807) is 7.11 Å². The average Bonchev–Trinajstić information content (AvgIpc) is 3.72. The molecule has 3 aromatic rings. The molecule has 1 N–H and O–H groups in total. The average molecular weight is 526 g/mol. The maximum atomic E-state index is 13.5. The lowest BCUT2D eigenvalue weighted by Crippen LogP contribution is -2.39. The Labute approximate surface area is 233 Å². The van der Waals surface area contributed by atoms with Crippen LogP contribution in [0.5, 0.6) is 5.75 Å². The number of carbonyl (C=O) groups excluding carboxylic acids is 1. The maximum absolute atomic E-state index is 13.5. The molecule has 39 heavy (non-hydrogen) atoms. The van der Waals surface area contributed by atoms with E-state index >= 15 is 0 Å². The first kappa shape index (κ1) is 26.2. The minimum absolute atomic E-state index is 0.0522. The van der Waals surface area contributed by atoms with E-state index in [4.69, 9.17) is 4.74 Å². The highest BCUT2D eigenvalue weighted by atomic mass is 16.5. The molecule has 0 saturated heterocycles. The maximum Gasteiger partial charge on any atom is 0.223 e.